The third kappa shape index (κ3) is 4.49. The van der Waals surface area contributed by atoms with Gasteiger partial charge in [-0.15, -0.1) is 0 Å². The number of piperidine rings is 1. The molecule has 0 spiro atoms. The standard InChI is InChI=1S/C22H25N5O3/c1-15-7-9-26(10-8-15)14-17-4-2-3-16(11-17)13-23-22(28)21-19-12-18(27(29)30)5-6-20(19)24-25-21/h2-6,11-12,15H,7-10,13-14H2,1H3,(H,23,28)(H,24,25). The summed E-state index contributed by atoms with van der Waals surface area (Å²) in [6.07, 6.45) is 2.48. The van der Waals surface area contributed by atoms with E-state index in [0.717, 1.165) is 31.1 Å². The fraction of sp³-hybridized carbons (Fsp3) is 0.364. The Labute approximate surface area is 174 Å². The van der Waals surface area contributed by atoms with Crippen molar-refractivity contribution in [1.29, 1.82) is 0 Å². The summed E-state index contributed by atoms with van der Waals surface area (Å²) in [7, 11) is 0. The first-order valence-electron chi connectivity index (χ1n) is 10.2. The van der Waals surface area contributed by atoms with Crippen molar-refractivity contribution in [3.63, 3.8) is 0 Å². The Bertz CT molecular complexity index is 1070. The zero-order valence-corrected chi connectivity index (χ0v) is 16.9. The number of fused-ring (bicyclic) bond motifs is 1. The Hall–Kier alpha value is -3.26. The second-order valence-corrected chi connectivity index (χ2v) is 8.02. The van der Waals surface area contributed by atoms with Crippen LogP contribution < -0.4 is 5.32 Å². The van der Waals surface area contributed by atoms with Crippen LogP contribution in [0.1, 0.15) is 41.4 Å². The molecule has 30 heavy (non-hydrogen) atoms. The zero-order valence-electron chi connectivity index (χ0n) is 16.9. The third-order valence-electron chi connectivity index (χ3n) is 5.70. The molecule has 1 amide bonds. The first-order valence-corrected chi connectivity index (χ1v) is 10.2. The van der Waals surface area contributed by atoms with Gasteiger partial charge in [0.1, 0.15) is 0 Å². The number of hydrogen-bond donors (Lipinski definition) is 2. The number of likely N-dealkylation sites (tertiary alicyclic amines) is 1. The number of non-ortho nitro benzene ring substituents is 1. The van der Waals surface area contributed by atoms with E-state index in [9.17, 15) is 14.9 Å². The van der Waals surface area contributed by atoms with Crippen LogP contribution in [0.3, 0.4) is 0 Å². The molecule has 1 saturated heterocycles. The van der Waals surface area contributed by atoms with Gasteiger partial charge in [0.15, 0.2) is 5.69 Å². The molecule has 0 radical (unpaired) electrons. The molecule has 3 aromatic rings. The molecule has 2 N–H and O–H groups in total. The highest BCUT2D eigenvalue weighted by molar-refractivity contribution is 6.05. The van der Waals surface area contributed by atoms with Crippen molar-refractivity contribution in [2.24, 2.45) is 5.92 Å². The predicted molar refractivity (Wildman–Crippen MR) is 114 cm³/mol. The van der Waals surface area contributed by atoms with Gasteiger partial charge in [0.05, 0.1) is 10.4 Å². The van der Waals surface area contributed by atoms with E-state index >= 15 is 0 Å². The number of hydrogen-bond acceptors (Lipinski definition) is 5. The van der Waals surface area contributed by atoms with Crippen LogP contribution in [0, 0.1) is 16.0 Å². The molecule has 8 heteroatoms. The van der Waals surface area contributed by atoms with Gasteiger partial charge in [0.25, 0.3) is 11.6 Å². The van der Waals surface area contributed by atoms with Crippen molar-refractivity contribution in [2.75, 3.05) is 13.1 Å². The van der Waals surface area contributed by atoms with E-state index in [-0.39, 0.29) is 17.3 Å². The number of aromatic amines is 1. The average molecular weight is 407 g/mol. The lowest BCUT2D eigenvalue weighted by Crippen LogP contribution is -2.32. The zero-order chi connectivity index (χ0) is 21.1. The molecule has 156 valence electrons. The Morgan fingerprint density at radius 3 is 2.77 bits per heavy atom. The summed E-state index contributed by atoms with van der Waals surface area (Å²) < 4.78 is 0. The molecular weight excluding hydrogens is 382 g/mol. The van der Waals surface area contributed by atoms with Crippen LogP contribution in [0.15, 0.2) is 42.5 Å². The molecule has 0 aliphatic carbocycles. The summed E-state index contributed by atoms with van der Waals surface area (Å²) in [6, 6.07) is 12.5. The summed E-state index contributed by atoms with van der Waals surface area (Å²) >= 11 is 0. The smallest absolute Gasteiger partial charge is 0.272 e. The van der Waals surface area contributed by atoms with Crippen LogP contribution in [0.2, 0.25) is 0 Å². The Morgan fingerprint density at radius 1 is 1.23 bits per heavy atom. The van der Waals surface area contributed by atoms with E-state index in [1.807, 2.05) is 12.1 Å². The first-order chi connectivity index (χ1) is 14.5. The second kappa shape index (κ2) is 8.62. The highest BCUT2D eigenvalue weighted by Gasteiger charge is 2.18. The van der Waals surface area contributed by atoms with Gasteiger partial charge in [-0.3, -0.25) is 24.9 Å². The first kappa shape index (κ1) is 20.0. The van der Waals surface area contributed by atoms with Crippen molar-refractivity contribution in [2.45, 2.75) is 32.9 Å². The van der Waals surface area contributed by atoms with Crippen LogP contribution in [0.5, 0.6) is 0 Å². The van der Waals surface area contributed by atoms with Crippen LogP contribution >= 0.6 is 0 Å². The van der Waals surface area contributed by atoms with Crippen molar-refractivity contribution >= 4 is 22.5 Å². The fourth-order valence-corrected chi connectivity index (χ4v) is 3.87. The molecule has 2 heterocycles. The van der Waals surface area contributed by atoms with Crippen molar-refractivity contribution in [3.8, 4) is 0 Å². The van der Waals surface area contributed by atoms with E-state index in [4.69, 9.17) is 0 Å². The number of nitrogens with one attached hydrogen (secondary N) is 2. The van der Waals surface area contributed by atoms with Gasteiger partial charge in [0, 0.05) is 30.6 Å². The number of aromatic nitrogens is 2. The molecule has 1 aliphatic rings. The molecule has 2 aromatic carbocycles. The van der Waals surface area contributed by atoms with Crippen molar-refractivity contribution < 1.29 is 9.72 Å². The molecular formula is C22H25N5O3. The number of H-pyrrole nitrogens is 1. The van der Waals surface area contributed by atoms with Gasteiger partial charge in [-0.05, 0) is 49.0 Å². The van der Waals surface area contributed by atoms with E-state index in [1.165, 1.54) is 30.5 Å². The number of nitrogens with zero attached hydrogens (tertiary/aromatic N) is 3. The Balaban J connectivity index is 1.41. The lowest BCUT2D eigenvalue weighted by Gasteiger charge is -2.30. The topological polar surface area (TPSA) is 104 Å². The lowest BCUT2D eigenvalue weighted by atomic mass is 9.98. The van der Waals surface area contributed by atoms with Gasteiger partial charge >= 0.3 is 0 Å². The molecule has 1 fully saturated rings. The van der Waals surface area contributed by atoms with Gasteiger partial charge in [0.2, 0.25) is 0 Å². The number of carbonyl (C=O) groups is 1. The molecule has 0 bridgehead atoms. The highest BCUT2D eigenvalue weighted by Crippen LogP contribution is 2.22. The van der Waals surface area contributed by atoms with Crippen LogP contribution in [-0.4, -0.2) is 39.0 Å². The van der Waals surface area contributed by atoms with Gasteiger partial charge in [-0.1, -0.05) is 31.2 Å². The van der Waals surface area contributed by atoms with E-state index < -0.39 is 4.92 Å². The van der Waals surface area contributed by atoms with Crippen molar-refractivity contribution in [3.05, 3.63) is 69.4 Å². The minimum Gasteiger partial charge on any atom is -0.347 e. The summed E-state index contributed by atoms with van der Waals surface area (Å²) in [5.74, 6) is 0.444. The van der Waals surface area contributed by atoms with Crippen molar-refractivity contribution in [1.82, 2.24) is 20.4 Å². The van der Waals surface area contributed by atoms with E-state index in [1.54, 1.807) is 6.07 Å². The molecule has 0 saturated carbocycles. The number of nitro benzene ring substituents is 1. The molecule has 1 aromatic heterocycles. The molecule has 1 aliphatic heterocycles. The van der Waals surface area contributed by atoms with E-state index in [0.29, 0.717) is 17.4 Å². The summed E-state index contributed by atoms with van der Waals surface area (Å²) in [5, 5.41) is 21.1. The third-order valence-corrected chi connectivity index (χ3v) is 5.70. The summed E-state index contributed by atoms with van der Waals surface area (Å²) in [6.45, 7) is 5.84. The molecule has 8 nitrogen and oxygen atoms in total. The van der Waals surface area contributed by atoms with Gasteiger partial charge in [-0.25, -0.2) is 0 Å². The number of carbonyl (C=O) groups excluding carboxylic acids is 1. The SMILES string of the molecule is CC1CCN(Cc2cccc(CNC(=O)c3n[nH]c4ccc([N+](=O)[O-])cc34)c2)CC1. The largest absolute Gasteiger partial charge is 0.347 e. The van der Waals surface area contributed by atoms with Gasteiger partial charge < -0.3 is 5.32 Å². The predicted octanol–water partition coefficient (Wildman–Crippen LogP) is 3.63. The lowest BCUT2D eigenvalue weighted by molar-refractivity contribution is -0.384. The minimum absolute atomic E-state index is 0.0715. The van der Waals surface area contributed by atoms with E-state index in [2.05, 4.69) is 39.5 Å². The maximum Gasteiger partial charge on any atom is 0.272 e. The minimum atomic E-state index is -0.484. The van der Waals surface area contributed by atoms with Crippen LogP contribution in [0.4, 0.5) is 5.69 Å². The maximum absolute atomic E-state index is 12.6. The molecule has 0 unspecified atom stereocenters. The number of nitro groups is 1. The normalized spacial score (nSPS) is 15.4. The number of rotatable bonds is 6. The fourth-order valence-electron chi connectivity index (χ4n) is 3.87. The second-order valence-electron chi connectivity index (χ2n) is 8.02. The maximum atomic E-state index is 12.6. The average Bonchev–Trinajstić information content (AvgIpc) is 3.17. The number of amides is 1. The molecule has 4 rings (SSSR count). The summed E-state index contributed by atoms with van der Waals surface area (Å²) in [5.41, 5.74) is 2.92. The summed E-state index contributed by atoms with van der Waals surface area (Å²) in [4.78, 5) is 25.6. The van der Waals surface area contributed by atoms with Crippen LogP contribution in [0.25, 0.3) is 10.9 Å². The molecule has 0 atom stereocenters. The highest BCUT2D eigenvalue weighted by atomic mass is 16.6. The van der Waals surface area contributed by atoms with Gasteiger partial charge in [-0.2, -0.15) is 5.10 Å². The van der Waals surface area contributed by atoms with Crippen LogP contribution in [-0.2, 0) is 13.1 Å². The number of benzene rings is 2. The monoisotopic (exact) mass is 407 g/mol. The Kier molecular flexibility index (Phi) is 5.76. The Morgan fingerprint density at radius 2 is 2.00 bits per heavy atom. The quantitative estimate of drug-likeness (QED) is 0.480.